The summed E-state index contributed by atoms with van der Waals surface area (Å²) in [5, 5.41) is 14.1. The number of aromatic amines is 1. The number of aliphatic carboxylic acids is 1. The van der Waals surface area contributed by atoms with E-state index >= 15 is 0 Å². The Labute approximate surface area is 213 Å². The Morgan fingerprint density at radius 3 is 2.60 bits per heavy atom. The lowest BCUT2D eigenvalue weighted by Crippen LogP contribution is -2.38. The Morgan fingerprint density at radius 1 is 1.09 bits per heavy atom. The summed E-state index contributed by atoms with van der Waals surface area (Å²) in [5.74, 6) is 0.358. The highest BCUT2D eigenvalue weighted by atomic mass is 79.9. The lowest BCUT2D eigenvalue weighted by molar-refractivity contribution is -0.139. The van der Waals surface area contributed by atoms with Crippen LogP contribution in [0.4, 0.5) is 0 Å². The van der Waals surface area contributed by atoms with Crippen molar-refractivity contribution in [3.63, 3.8) is 0 Å². The molecule has 3 aromatic carbocycles. The van der Waals surface area contributed by atoms with Gasteiger partial charge < -0.3 is 24.9 Å². The Balaban J connectivity index is 1.47. The molecule has 0 spiro atoms. The van der Waals surface area contributed by atoms with Crippen LogP contribution in [-0.4, -0.2) is 28.7 Å². The molecule has 182 valence electrons. The SMILES string of the molecule is CCOc1cc(CN[C@@H](Cc2c[nH]c3ccccc23)C(=O)O)cc(Br)c1OCc1ccc(C)cc1. The van der Waals surface area contributed by atoms with Crippen LogP contribution < -0.4 is 14.8 Å². The molecule has 0 aliphatic heterocycles. The Bertz CT molecular complexity index is 1300. The molecule has 0 aliphatic rings. The van der Waals surface area contributed by atoms with Gasteiger partial charge >= 0.3 is 5.97 Å². The van der Waals surface area contributed by atoms with Crippen molar-refractivity contribution in [2.75, 3.05) is 6.61 Å². The summed E-state index contributed by atoms with van der Waals surface area (Å²) in [6.07, 6.45) is 2.25. The average molecular weight is 537 g/mol. The highest BCUT2D eigenvalue weighted by Gasteiger charge is 2.20. The molecule has 7 heteroatoms. The molecule has 1 aromatic heterocycles. The fourth-order valence-electron chi connectivity index (χ4n) is 3.97. The van der Waals surface area contributed by atoms with Gasteiger partial charge in [0.25, 0.3) is 0 Å². The molecule has 0 saturated heterocycles. The Kier molecular flexibility index (Phi) is 8.10. The van der Waals surface area contributed by atoms with E-state index in [2.05, 4.69) is 45.3 Å². The van der Waals surface area contributed by atoms with E-state index in [0.717, 1.165) is 32.1 Å². The van der Waals surface area contributed by atoms with E-state index in [1.807, 2.05) is 61.7 Å². The summed E-state index contributed by atoms with van der Waals surface area (Å²) in [7, 11) is 0. The fraction of sp³-hybridized carbons (Fsp3) is 0.250. The quantitative estimate of drug-likeness (QED) is 0.219. The van der Waals surface area contributed by atoms with Gasteiger partial charge in [-0.3, -0.25) is 4.79 Å². The lowest BCUT2D eigenvalue weighted by atomic mass is 10.0. The van der Waals surface area contributed by atoms with Crippen LogP contribution in [0.25, 0.3) is 10.9 Å². The summed E-state index contributed by atoms with van der Waals surface area (Å²) in [4.78, 5) is 15.2. The third kappa shape index (κ3) is 6.24. The summed E-state index contributed by atoms with van der Waals surface area (Å²) < 4.78 is 12.7. The van der Waals surface area contributed by atoms with Crippen molar-refractivity contribution in [2.24, 2.45) is 0 Å². The van der Waals surface area contributed by atoms with E-state index in [1.54, 1.807) is 0 Å². The van der Waals surface area contributed by atoms with Crippen molar-refractivity contribution < 1.29 is 19.4 Å². The van der Waals surface area contributed by atoms with Crippen molar-refractivity contribution >= 4 is 32.8 Å². The minimum atomic E-state index is -0.891. The number of hydrogen-bond acceptors (Lipinski definition) is 4. The van der Waals surface area contributed by atoms with Crippen LogP contribution in [0, 0.1) is 6.92 Å². The number of nitrogens with one attached hydrogen (secondary N) is 2. The number of fused-ring (bicyclic) bond motifs is 1. The van der Waals surface area contributed by atoms with Crippen LogP contribution >= 0.6 is 15.9 Å². The molecule has 4 rings (SSSR count). The number of carboxylic acids is 1. The number of ether oxygens (including phenoxy) is 2. The van der Waals surface area contributed by atoms with Gasteiger partial charge in [0.1, 0.15) is 12.6 Å². The highest BCUT2D eigenvalue weighted by molar-refractivity contribution is 9.10. The van der Waals surface area contributed by atoms with Gasteiger partial charge in [0.2, 0.25) is 0 Å². The van der Waals surface area contributed by atoms with Crippen molar-refractivity contribution in [3.05, 3.63) is 93.6 Å². The maximum absolute atomic E-state index is 12.0. The van der Waals surface area contributed by atoms with Gasteiger partial charge in [-0.2, -0.15) is 0 Å². The maximum atomic E-state index is 12.0. The van der Waals surface area contributed by atoms with E-state index in [0.29, 0.717) is 37.7 Å². The first-order valence-electron chi connectivity index (χ1n) is 11.6. The lowest BCUT2D eigenvalue weighted by Gasteiger charge is -2.18. The van der Waals surface area contributed by atoms with Crippen LogP contribution in [0.3, 0.4) is 0 Å². The van der Waals surface area contributed by atoms with Gasteiger partial charge in [0, 0.05) is 30.1 Å². The standard InChI is InChI=1S/C28H29BrN2O4/c1-3-34-26-13-20(12-23(29)27(26)35-17-19-10-8-18(2)9-11-19)15-30-25(28(32)33)14-21-16-31-24-7-5-4-6-22(21)24/h4-13,16,25,30-31H,3,14-15,17H2,1-2H3,(H,32,33)/t25-/m0/s1. The van der Waals surface area contributed by atoms with Crippen molar-refractivity contribution in [1.29, 1.82) is 0 Å². The Morgan fingerprint density at radius 2 is 1.86 bits per heavy atom. The number of carbonyl (C=O) groups is 1. The number of rotatable bonds is 11. The van der Waals surface area contributed by atoms with Gasteiger partial charge in [-0.05, 0) is 64.7 Å². The molecule has 0 aliphatic carbocycles. The number of benzene rings is 3. The molecule has 0 unspecified atom stereocenters. The normalized spacial score (nSPS) is 12.0. The molecule has 35 heavy (non-hydrogen) atoms. The summed E-state index contributed by atoms with van der Waals surface area (Å²) in [6.45, 7) is 5.25. The van der Waals surface area contributed by atoms with E-state index in [-0.39, 0.29) is 0 Å². The fourth-order valence-corrected chi connectivity index (χ4v) is 4.58. The predicted molar refractivity (Wildman–Crippen MR) is 141 cm³/mol. The second kappa shape index (κ2) is 11.4. The molecule has 0 saturated carbocycles. The van der Waals surface area contributed by atoms with Gasteiger partial charge in [-0.15, -0.1) is 0 Å². The number of hydrogen-bond donors (Lipinski definition) is 3. The number of para-hydroxylation sites is 1. The predicted octanol–water partition coefficient (Wildman–Crippen LogP) is 6.00. The number of carboxylic acid groups (broad SMARTS) is 1. The van der Waals surface area contributed by atoms with Gasteiger partial charge in [-0.1, -0.05) is 48.0 Å². The molecule has 1 heterocycles. The van der Waals surface area contributed by atoms with E-state index in [4.69, 9.17) is 9.47 Å². The second-order valence-electron chi connectivity index (χ2n) is 8.45. The van der Waals surface area contributed by atoms with E-state index in [9.17, 15) is 9.90 Å². The van der Waals surface area contributed by atoms with Crippen LogP contribution in [0.15, 0.2) is 71.3 Å². The molecule has 0 bridgehead atoms. The molecule has 0 amide bonds. The van der Waals surface area contributed by atoms with Crippen molar-refractivity contribution in [1.82, 2.24) is 10.3 Å². The zero-order valence-electron chi connectivity index (χ0n) is 19.8. The molecular formula is C28H29BrN2O4. The highest BCUT2D eigenvalue weighted by Crippen LogP contribution is 2.37. The van der Waals surface area contributed by atoms with E-state index < -0.39 is 12.0 Å². The van der Waals surface area contributed by atoms with Crippen LogP contribution in [0.1, 0.15) is 29.2 Å². The largest absolute Gasteiger partial charge is 0.490 e. The zero-order chi connectivity index (χ0) is 24.8. The number of halogens is 1. The third-order valence-electron chi connectivity index (χ3n) is 5.82. The molecule has 3 N–H and O–H groups in total. The van der Waals surface area contributed by atoms with Crippen LogP contribution in [0.5, 0.6) is 11.5 Å². The monoisotopic (exact) mass is 536 g/mol. The Hall–Kier alpha value is -3.29. The van der Waals surface area contributed by atoms with Crippen molar-refractivity contribution in [3.8, 4) is 11.5 Å². The molecule has 0 fully saturated rings. The molecular weight excluding hydrogens is 508 g/mol. The van der Waals surface area contributed by atoms with Gasteiger partial charge in [0.05, 0.1) is 11.1 Å². The smallest absolute Gasteiger partial charge is 0.321 e. The summed E-state index contributed by atoms with van der Waals surface area (Å²) in [5.41, 5.74) is 5.13. The first kappa shape index (κ1) is 24.8. The maximum Gasteiger partial charge on any atom is 0.321 e. The van der Waals surface area contributed by atoms with Crippen LogP contribution in [0.2, 0.25) is 0 Å². The number of aromatic nitrogens is 1. The summed E-state index contributed by atoms with van der Waals surface area (Å²) >= 11 is 3.61. The average Bonchev–Trinajstić information content (AvgIpc) is 3.25. The van der Waals surface area contributed by atoms with E-state index in [1.165, 1.54) is 5.56 Å². The first-order valence-corrected chi connectivity index (χ1v) is 12.4. The molecule has 6 nitrogen and oxygen atoms in total. The third-order valence-corrected chi connectivity index (χ3v) is 6.41. The van der Waals surface area contributed by atoms with Crippen molar-refractivity contribution in [2.45, 2.75) is 39.5 Å². The minimum Gasteiger partial charge on any atom is -0.490 e. The van der Waals surface area contributed by atoms with Crippen LogP contribution in [-0.2, 0) is 24.4 Å². The topological polar surface area (TPSA) is 83.6 Å². The second-order valence-corrected chi connectivity index (χ2v) is 9.30. The van der Waals surface area contributed by atoms with Gasteiger partial charge in [0.15, 0.2) is 11.5 Å². The molecule has 0 radical (unpaired) electrons. The first-order chi connectivity index (χ1) is 16.9. The summed E-state index contributed by atoms with van der Waals surface area (Å²) in [6, 6.07) is 19.2. The number of H-pyrrole nitrogens is 1. The zero-order valence-corrected chi connectivity index (χ0v) is 21.4. The minimum absolute atomic E-state index is 0.371. The molecule has 4 aromatic rings. The van der Waals surface area contributed by atoms with Gasteiger partial charge in [-0.25, -0.2) is 0 Å². The number of aryl methyl sites for hydroxylation is 1. The molecule has 1 atom stereocenters.